The zero-order chi connectivity index (χ0) is 9.97. The Hall–Kier alpha value is -1.02. The molecule has 14 heavy (non-hydrogen) atoms. The molecule has 2 heteroatoms. The molecule has 2 nitrogen and oxygen atoms in total. The van der Waals surface area contributed by atoms with E-state index in [9.17, 15) is 0 Å². The van der Waals surface area contributed by atoms with Crippen LogP contribution in [0.5, 0.6) is 0 Å². The Balaban J connectivity index is 2.13. The number of rotatable bonds is 2. The van der Waals surface area contributed by atoms with Gasteiger partial charge in [0.1, 0.15) is 0 Å². The number of anilines is 1. The number of benzene rings is 1. The lowest BCUT2D eigenvalue weighted by Crippen LogP contribution is -2.27. The molecular formula is C12H18N2. The Morgan fingerprint density at radius 2 is 2.07 bits per heavy atom. The molecule has 2 N–H and O–H groups in total. The molecule has 0 spiro atoms. The Bertz CT molecular complexity index is 284. The molecule has 1 aliphatic heterocycles. The average Bonchev–Trinajstić information content (AvgIpc) is 2.61. The molecule has 1 heterocycles. The van der Waals surface area contributed by atoms with E-state index in [0.717, 1.165) is 13.1 Å². The fraction of sp³-hybridized carbons (Fsp3) is 0.500. The number of nitrogens with two attached hydrogens (primary N) is 1. The lowest BCUT2D eigenvalue weighted by Gasteiger charge is -2.23. The van der Waals surface area contributed by atoms with Crippen LogP contribution in [0.15, 0.2) is 30.3 Å². The van der Waals surface area contributed by atoms with Crippen LogP contribution in [-0.2, 0) is 0 Å². The average molecular weight is 190 g/mol. The molecule has 1 aromatic carbocycles. The second-order valence-electron chi connectivity index (χ2n) is 4.17. The van der Waals surface area contributed by atoms with Crippen LogP contribution < -0.4 is 10.6 Å². The molecule has 2 unspecified atom stereocenters. The lowest BCUT2D eigenvalue weighted by atomic mass is 10.1. The Morgan fingerprint density at radius 3 is 2.64 bits per heavy atom. The molecule has 1 aromatic rings. The van der Waals surface area contributed by atoms with Crippen molar-refractivity contribution in [3.8, 4) is 0 Å². The van der Waals surface area contributed by atoms with Crippen LogP contribution in [0.2, 0.25) is 0 Å². The molecule has 0 amide bonds. The molecule has 1 aliphatic rings. The summed E-state index contributed by atoms with van der Waals surface area (Å²) in [5.74, 6) is 0.671. The van der Waals surface area contributed by atoms with E-state index in [2.05, 4.69) is 42.2 Å². The van der Waals surface area contributed by atoms with Gasteiger partial charge in [0.15, 0.2) is 0 Å². The summed E-state index contributed by atoms with van der Waals surface area (Å²) in [6.07, 6.45) is 1.23. The highest BCUT2D eigenvalue weighted by Gasteiger charge is 2.27. The maximum absolute atomic E-state index is 5.71. The van der Waals surface area contributed by atoms with Crippen molar-refractivity contribution in [2.45, 2.75) is 19.4 Å². The third-order valence-electron chi connectivity index (χ3n) is 3.08. The van der Waals surface area contributed by atoms with Crippen LogP contribution in [0.4, 0.5) is 5.69 Å². The van der Waals surface area contributed by atoms with E-state index in [1.54, 1.807) is 0 Å². The van der Waals surface area contributed by atoms with Crippen molar-refractivity contribution in [1.82, 2.24) is 0 Å². The highest BCUT2D eigenvalue weighted by molar-refractivity contribution is 5.48. The number of hydrogen-bond donors (Lipinski definition) is 1. The zero-order valence-electron chi connectivity index (χ0n) is 8.69. The molecule has 76 valence electrons. The van der Waals surface area contributed by atoms with Crippen molar-refractivity contribution in [3.05, 3.63) is 30.3 Å². The Labute approximate surface area is 85.7 Å². The minimum Gasteiger partial charge on any atom is -0.368 e. The molecule has 2 atom stereocenters. The van der Waals surface area contributed by atoms with Gasteiger partial charge in [-0.15, -0.1) is 0 Å². The second-order valence-corrected chi connectivity index (χ2v) is 4.17. The summed E-state index contributed by atoms with van der Waals surface area (Å²) in [5, 5.41) is 0. The third-order valence-corrected chi connectivity index (χ3v) is 3.08. The fourth-order valence-corrected chi connectivity index (χ4v) is 2.29. The fourth-order valence-electron chi connectivity index (χ4n) is 2.29. The summed E-state index contributed by atoms with van der Waals surface area (Å²) in [7, 11) is 0. The molecule has 0 aromatic heterocycles. The van der Waals surface area contributed by atoms with Crippen LogP contribution in [0.1, 0.15) is 13.3 Å². The molecule has 2 rings (SSSR count). The van der Waals surface area contributed by atoms with Crippen molar-refractivity contribution in [1.29, 1.82) is 0 Å². The molecule has 0 bridgehead atoms. The highest BCUT2D eigenvalue weighted by Crippen LogP contribution is 2.27. The summed E-state index contributed by atoms with van der Waals surface area (Å²) in [5.41, 5.74) is 7.04. The first-order valence-electron chi connectivity index (χ1n) is 5.33. The van der Waals surface area contributed by atoms with E-state index in [-0.39, 0.29) is 0 Å². The first kappa shape index (κ1) is 9.53. The van der Waals surface area contributed by atoms with Gasteiger partial charge in [0, 0.05) is 18.3 Å². The first-order chi connectivity index (χ1) is 6.81. The zero-order valence-corrected chi connectivity index (χ0v) is 8.69. The second kappa shape index (κ2) is 4.01. The van der Waals surface area contributed by atoms with Gasteiger partial charge in [0.05, 0.1) is 0 Å². The van der Waals surface area contributed by atoms with Crippen LogP contribution in [-0.4, -0.2) is 19.1 Å². The molecule has 1 fully saturated rings. The predicted molar refractivity (Wildman–Crippen MR) is 60.4 cm³/mol. The molecule has 0 aliphatic carbocycles. The van der Waals surface area contributed by atoms with E-state index in [0.29, 0.717) is 12.0 Å². The van der Waals surface area contributed by atoms with E-state index in [4.69, 9.17) is 5.73 Å². The van der Waals surface area contributed by atoms with Crippen LogP contribution in [0, 0.1) is 5.92 Å². The van der Waals surface area contributed by atoms with Gasteiger partial charge in [-0.25, -0.2) is 0 Å². The normalized spacial score (nSPS) is 26.9. The molecule has 1 saturated heterocycles. The number of para-hydroxylation sites is 1. The van der Waals surface area contributed by atoms with Crippen molar-refractivity contribution in [3.63, 3.8) is 0 Å². The third kappa shape index (κ3) is 1.75. The standard InChI is InChI=1S/C12H18N2/c1-10-7-11(8-13)9-14(10)12-5-3-2-4-6-12/h2-6,10-11H,7-9,13H2,1H3. The first-order valence-corrected chi connectivity index (χ1v) is 5.33. The highest BCUT2D eigenvalue weighted by atomic mass is 15.2. The predicted octanol–water partition coefficient (Wildman–Crippen LogP) is 1.86. The maximum Gasteiger partial charge on any atom is 0.0368 e. The van der Waals surface area contributed by atoms with Crippen molar-refractivity contribution in [2.75, 3.05) is 18.0 Å². The van der Waals surface area contributed by atoms with Gasteiger partial charge >= 0.3 is 0 Å². The van der Waals surface area contributed by atoms with E-state index >= 15 is 0 Å². The van der Waals surface area contributed by atoms with Crippen LogP contribution in [0.3, 0.4) is 0 Å². The number of nitrogens with zero attached hydrogens (tertiary/aromatic N) is 1. The summed E-state index contributed by atoms with van der Waals surface area (Å²) in [6, 6.07) is 11.2. The lowest BCUT2D eigenvalue weighted by molar-refractivity contribution is 0.579. The summed E-state index contributed by atoms with van der Waals surface area (Å²) >= 11 is 0. The summed E-state index contributed by atoms with van der Waals surface area (Å²) < 4.78 is 0. The maximum atomic E-state index is 5.71. The minimum absolute atomic E-state index is 0.631. The molecule has 0 radical (unpaired) electrons. The smallest absolute Gasteiger partial charge is 0.0368 e. The topological polar surface area (TPSA) is 29.3 Å². The monoisotopic (exact) mass is 190 g/mol. The minimum atomic E-state index is 0.631. The van der Waals surface area contributed by atoms with E-state index in [1.807, 2.05) is 0 Å². The van der Waals surface area contributed by atoms with Gasteiger partial charge in [0.25, 0.3) is 0 Å². The largest absolute Gasteiger partial charge is 0.368 e. The summed E-state index contributed by atoms with van der Waals surface area (Å²) in [6.45, 7) is 4.21. The van der Waals surface area contributed by atoms with Crippen LogP contribution >= 0.6 is 0 Å². The van der Waals surface area contributed by atoms with Gasteiger partial charge < -0.3 is 10.6 Å². The van der Waals surface area contributed by atoms with Gasteiger partial charge in [-0.2, -0.15) is 0 Å². The number of hydrogen-bond acceptors (Lipinski definition) is 2. The molecular weight excluding hydrogens is 172 g/mol. The molecule has 0 saturated carbocycles. The van der Waals surface area contributed by atoms with Gasteiger partial charge in [-0.1, -0.05) is 18.2 Å². The Kier molecular flexibility index (Phi) is 2.73. The van der Waals surface area contributed by atoms with Crippen LogP contribution in [0.25, 0.3) is 0 Å². The van der Waals surface area contributed by atoms with E-state index in [1.165, 1.54) is 12.1 Å². The Morgan fingerprint density at radius 1 is 1.36 bits per heavy atom. The van der Waals surface area contributed by atoms with Gasteiger partial charge in [-0.3, -0.25) is 0 Å². The van der Waals surface area contributed by atoms with Crippen molar-refractivity contribution >= 4 is 5.69 Å². The van der Waals surface area contributed by atoms with Crippen molar-refractivity contribution < 1.29 is 0 Å². The SMILES string of the molecule is CC1CC(CN)CN1c1ccccc1. The van der Waals surface area contributed by atoms with Gasteiger partial charge in [-0.05, 0) is 37.9 Å². The quantitative estimate of drug-likeness (QED) is 0.771. The van der Waals surface area contributed by atoms with Gasteiger partial charge in [0.2, 0.25) is 0 Å². The van der Waals surface area contributed by atoms with Crippen molar-refractivity contribution in [2.24, 2.45) is 11.7 Å². The van der Waals surface area contributed by atoms with E-state index < -0.39 is 0 Å². The summed E-state index contributed by atoms with van der Waals surface area (Å²) in [4.78, 5) is 2.46.